The molecule has 1 rings (SSSR count). The summed E-state index contributed by atoms with van der Waals surface area (Å²) in [7, 11) is 1.55. The number of ether oxygens (including phenoxy) is 1. The van der Waals surface area contributed by atoms with Crippen LogP contribution in [0.5, 0.6) is 0 Å². The van der Waals surface area contributed by atoms with E-state index in [1.165, 1.54) is 12.1 Å². The van der Waals surface area contributed by atoms with E-state index < -0.39 is 0 Å². The van der Waals surface area contributed by atoms with Gasteiger partial charge in [0.25, 0.3) is 5.91 Å². The normalized spacial score (nSPS) is 10.0. The van der Waals surface area contributed by atoms with Crippen LogP contribution in [0.15, 0.2) is 12.1 Å². The molecule has 5 N–H and O–H groups in total. The summed E-state index contributed by atoms with van der Waals surface area (Å²) >= 11 is 5.77. The molecule has 1 heterocycles. The molecule has 0 atom stereocenters. The van der Waals surface area contributed by atoms with Gasteiger partial charge in [-0.2, -0.15) is 0 Å². The number of nitrogen functional groups attached to an aromatic ring is 1. The van der Waals surface area contributed by atoms with Gasteiger partial charge in [-0.3, -0.25) is 9.59 Å². The van der Waals surface area contributed by atoms with Gasteiger partial charge in [0.2, 0.25) is 5.91 Å². The Labute approximate surface area is 127 Å². The average molecular weight is 316 g/mol. The number of nitrogens with two attached hydrogens (primary N) is 1. The van der Waals surface area contributed by atoms with Crippen molar-refractivity contribution in [1.29, 1.82) is 0 Å². The van der Waals surface area contributed by atoms with Crippen LogP contribution in [0.3, 0.4) is 0 Å². The van der Waals surface area contributed by atoms with Gasteiger partial charge in [-0.05, 0) is 12.1 Å². The second-order valence-electron chi connectivity index (χ2n) is 4.06. The number of methoxy groups -OCH3 is 1. The van der Waals surface area contributed by atoms with Crippen molar-refractivity contribution in [3.63, 3.8) is 0 Å². The largest absolute Gasteiger partial charge is 0.383 e. The Kier molecular flexibility index (Phi) is 7.44. The van der Waals surface area contributed by atoms with E-state index in [4.69, 9.17) is 22.2 Å². The van der Waals surface area contributed by atoms with Crippen molar-refractivity contribution in [2.75, 3.05) is 32.2 Å². The van der Waals surface area contributed by atoms with E-state index >= 15 is 0 Å². The highest BCUT2D eigenvalue weighted by Gasteiger charge is 2.09. The van der Waals surface area contributed by atoms with Crippen molar-refractivity contribution in [3.8, 4) is 0 Å². The molecule has 0 spiro atoms. The van der Waals surface area contributed by atoms with Crippen LogP contribution in [0.2, 0.25) is 5.15 Å². The van der Waals surface area contributed by atoms with Crippen molar-refractivity contribution in [1.82, 2.24) is 15.6 Å². The molecule has 8 nitrogen and oxygen atoms in total. The highest BCUT2D eigenvalue weighted by Crippen LogP contribution is 2.13. The maximum Gasteiger partial charge on any atom is 0.251 e. The zero-order valence-corrected chi connectivity index (χ0v) is 12.4. The first-order valence-corrected chi connectivity index (χ1v) is 6.62. The number of anilines is 1. The molecule has 0 bridgehead atoms. The van der Waals surface area contributed by atoms with E-state index in [0.29, 0.717) is 18.7 Å². The number of hydrogen-bond acceptors (Lipinski definition) is 6. The van der Waals surface area contributed by atoms with E-state index in [-0.39, 0.29) is 35.8 Å². The molecule has 0 aromatic carbocycles. The number of pyridine rings is 1. The predicted octanol–water partition coefficient (Wildman–Crippen LogP) is -0.0969. The van der Waals surface area contributed by atoms with Gasteiger partial charge in [-0.15, -0.1) is 0 Å². The summed E-state index contributed by atoms with van der Waals surface area (Å²) < 4.78 is 4.81. The number of hydrogen-bond donors (Lipinski definition) is 4. The molecule has 1 aromatic heterocycles. The Morgan fingerprint density at radius 1 is 1.33 bits per heavy atom. The number of nitrogens with zero attached hydrogens (tertiary/aromatic N) is 1. The Morgan fingerprint density at radius 3 is 2.76 bits per heavy atom. The van der Waals surface area contributed by atoms with Crippen LogP contribution < -0.4 is 21.9 Å². The molecule has 0 saturated carbocycles. The van der Waals surface area contributed by atoms with Gasteiger partial charge in [-0.25, -0.2) is 10.8 Å². The third-order valence-electron chi connectivity index (χ3n) is 2.47. The molecule has 0 aliphatic heterocycles. The van der Waals surface area contributed by atoms with Gasteiger partial charge in [0.05, 0.1) is 6.61 Å². The molecule has 0 aliphatic rings. The van der Waals surface area contributed by atoms with Crippen LogP contribution in [0, 0.1) is 0 Å². The van der Waals surface area contributed by atoms with Gasteiger partial charge in [-0.1, -0.05) is 11.6 Å². The fourth-order valence-corrected chi connectivity index (χ4v) is 1.68. The van der Waals surface area contributed by atoms with Crippen molar-refractivity contribution in [2.24, 2.45) is 5.84 Å². The van der Waals surface area contributed by atoms with E-state index in [1.807, 2.05) is 0 Å². The second kappa shape index (κ2) is 9.11. The quantitative estimate of drug-likeness (QED) is 0.230. The number of amides is 2. The standard InChI is InChI=1S/C12H18ClN5O3/c1-21-5-4-15-11(19)2-3-16-12(20)8-6-9(13)17-10(7-8)18-14/h6-7H,2-5,14H2,1H3,(H,15,19)(H,16,20)(H,17,18). The lowest BCUT2D eigenvalue weighted by Crippen LogP contribution is -2.32. The molecule has 0 aliphatic carbocycles. The van der Waals surface area contributed by atoms with Gasteiger partial charge in [0.15, 0.2) is 0 Å². The summed E-state index contributed by atoms with van der Waals surface area (Å²) in [4.78, 5) is 27.2. The minimum atomic E-state index is -0.361. The average Bonchev–Trinajstić information content (AvgIpc) is 2.46. The van der Waals surface area contributed by atoms with Crippen molar-refractivity contribution < 1.29 is 14.3 Å². The third-order valence-corrected chi connectivity index (χ3v) is 2.66. The number of hydrazine groups is 1. The summed E-state index contributed by atoms with van der Waals surface area (Å²) in [6, 6.07) is 2.87. The van der Waals surface area contributed by atoms with Gasteiger partial charge in [0.1, 0.15) is 11.0 Å². The zero-order valence-electron chi connectivity index (χ0n) is 11.6. The molecule has 9 heteroatoms. The van der Waals surface area contributed by atoms with Crippen LogP contribution in [-0.4, -0.2) is 43.6 Å². The summed E-state index contributed by atoms with van der Waals surface area (Å²) in [6.07, 6.45) is 0.177. The smallest absolute Gasteiger partial charge is 0.251 e. The molecule has 0 radical (unpaired) electrons. The van der Waals surface area contributed by atoms with Crippen LogP contribution in [0.25, 0.3) is 0 Å². The molecule has 0 unspecified atom stereocenters. The molecular weight excluding hydrogens is 298 g/mol. The van der Waals surface area contributed by atoms with Crippen LogP contribution >= 0.6 is 11.6 Å². The number of nitrogens with one attached hydrogen (secondary N) is 3. The molecule has 21 heavy (non-hydrogen) atoms. The number of rotatable bonds is 8. The van der Waals surface area contributed by atoms with Gasteiger partial charge in [0, 0.05) is 32.2 Å². The summed E-state index contributed by atoms with van der Waals surface area (Å²) in [5, 5.41) is 5.41. The molecule has 0 saturated heterocycles. The van der Waals surface area contributed by atoms with E-state index in [0.717, 1.165) is 0 Å². The highest BCUT2D eigenvalue weighted by molar-refractivity contribution is 6.29. The molecular formula is C12H18ClN5O3. The summed E-state index contributed by atoms with van der Waals surface area (Å²) in [6.45, 7) is 1.10. The Hall–Kier alpha value is -1.90. The second-order valence-corrected chi connectivity index (χ2v) is 4.44. The molecule has 2 amide bonds. The third kappa shape index (κ3) is 6.39. The zero-order chi connectivity index (χ0) is 15.7. The summed E-state index contributed by atoms with van der Waals surface area (Å²) in [5.41, 5.74) is 2.62. The Morgan fingerprint density at radius 2 is 2.10 bits per heavy atom. The van der Waals surface area contributed by atoms with Crippen molar-refractivity contribution in [2.45, 2.75) is 6.42 Å². The highest BCUT2D eigenvalue weighted by atomic mass is 35.5. The lowest BCUT2D eigenvalue weighted by molar-refractivity contribution is -0.121. The first kappa shape index (κ1) is 17.2. The lowest BCUT2D eigenvalue weighted by atomic mass is 10.2. The fourth-order valence-electron chi connectivity index (χ4n) is 1.47. The minimum absolute atomic E-state index is 0.146. The number of carbonyl (C=O) groups excluding carboxylic acids is 2. The number of halogens is 1. The van der Waals surface area contributed by atoms with Gasteiger partial charge < -0.3 is 20.8 Å². The first-order chi connectivity index (χ1) is 10.1. The predicted molar refractivity (Wildman–Crippen MR) is 78.9 cm³/mol. The Balaban J connectivity index is 2.40. The number of carbonyl (C=O) groups is 2. The van der Waals surface area contributed by atoms with E-state index in [2.05, 4.69) is 21.0 Å². The maximum absolute atomic E-state index is 11.9. The maximum atomic E-state index is 11.9. The molecule has 1 aromatic rings. The SMILES string of the molecule is COCCNC(=O)CCNC(=O)c1cc(Cl)nc(NN)c1. The fraction of sp³-hybridized carbons (Fsp3) is 0.417. The molecule has 116 valence electrons. The minimum Gasteiger partial charge on any atom is -0.383 e. The van der Waals surface area contributed by atoms with Crippen LogP contribution in [0.1, 0.15) is 16.8 Å². The van der Waals surface area contributed by atoms with E-state index in [1.54, 1.807) is 7.11 Å². The molecule has 0 fully saturated rings. The lowest BCUT2D eigenvalue weighted by Gasteiger charge is -2.08. The van der Waals surface area contributed by atoms with Gasteiger partial charge >= 0.3 is 0 Å². The summed E-state index contributed by atoms with van der Waals surface area (Å²) in [5.74, 6) is 4.98. The topological polar surface area (TPSA) is 118 Å². The first-order valence-electron chi connectivity index (χ1n) is 6.25. The monoisotopic (exact) mass is 315 g/mol. The number of aromatic nitrogens is 1. The van der Waals surface area contributed by atoms with Crippen molar-refractivity contribution >= 4 is 29.2 Å². The Bertz CT molecular complexity index is 498. The van der Waals surface area contributed by atoms with E-state index in [9.17, 15) is 9.59 Å². The van der Waals surface area contributed by atoms with Crippen molar-refractivity contribution in [3.05, 3.63) is 22.8 Å². The van der Waals surface area contributed by atoms with Crippen LogP contribution in [-0.2, 0) is 9.53 Å². The van der Waals surface area contributed by atoms with Crippen LogP contribution in [0.4, 0.5) is 5.82 Å².